The first kappa shape index (κ1) is 32.5. The van der Waals surface area contributed by atoms with Crippen molar-refractivity contribution in [2.45, 2.75) is 52.6 Å². The molecule has 2 N–H and O–H groups in total. The van der Waals surface area contributed by atoms with Crippen LogP contribution in [0.2, 0.25) is 0 Å². The number of rotatable bonds is 6. The summed E-state index contributed by atoms with van der Waals surface area (Å²) in [5.41, 5.74) is 5.73. The van der Waals surface area contributed by atoms with E-state index in [2.05, 4.69) is 23.7 Å². The number of nitrogen functional groups attached to an aromatic ring is 1. The second-order valence-electron chi connectivity index (χ2n) is 11.1. The van der Waals surface area contributed by atoms with Crippen molar-refractivity contribution in [3.63, 3.8) is 0 Å². The molecule has 0 aliphatic rings. The number of anilines is 1. The van der Waals surface area contributed by atoms with Crippen LogP contribution < -0.4 is 28.0 Å². The second-order valence-corrected chi connectivity index (χ2v) is 11.1. The Bertz CT molecular complexity index is 2130. The number of nitrogens with two attached hydrogens (primary N) is 1. The van der Waals surface area contributed by atoms with Gasteiger partial charge in [0, 0.05) is 29.9 Å². The molecule has 0 aliphatic carbocycles. The molecule has 0 amide bonds. The van der Waals surface area contributed by atoms with E-state index < -0.39 is 22.2 Å². The molecule has 2 heterocycles. The predicted molar refractivity (Wildman–Crippen MR) is 190 cm³/mol. The zero-order valence-electron chi connectivity index (χ0n) is 26.5. The first-order valence-corrected chi connectivity index (χ1v) is 15.8. The zero-order valence-corrected chi connectivity index (χ0v) is 26.5. The van der Waals surface area contributed by atoms with Gasteiger partial charge in [0.1, 0.15) is 0 Å². The molecule has 47 heavy (non-hydrogen) atoms. The Hall–Kier alpha value is -5.92. The third kappa shape index (κ3) is 6.85. The fourth-order valence-electron chi connectivity index (χ4n) is 5.38. The Morgan fingerprint density at radius 2 is 0.809 bits per heavy atom. The lowest BCUT2D eigenvalue weighted by Crippen LogP contribution is -2.26. The van der Waals surface area contributed by atoms with Gasteiger partial charge in [-0.2, -0.15) is 0 Å². The average Bonchev–Trinajstić information content (AvgIpc) is 3.49. The average molecular weight is 622 g/mol. The highest BCUT2D eigenvalue weighted by Crippen LogP contribution is 2.26. The Balaban J connectivity index is 0.000000549. The number of fused-ring (bicyclic) bond motifs is 2. The molecule has 0 unspecified atom stereocenters. The van der Waals surface area contributed by atoms with Crippen LogP contribution in [0.5, 0.6) is 0 Å². The van der Waals surface area contributed by atoms with Crippen molar-refractivity contribution in [3.05, 3.63) is 155 Å². The van der Waals surface area contributed by atoms with Gasteiger partial charge in [0.15, 0.2) is 0 Å². The van der Waals surface area contributed by atoms with E-state index in [0.717, 1.165) is 18.5 Å². The normalized spacial score (nSPS) is 10.5. The molecular formula is C40H35N3O4. The van der Waals surface area contributed by atoms with Crippen LogP contribution in [0.4, 0.5) is 5.69 Å². The van der Waals surface area contributed by atoms with Crippen molar-refractivity contribution in [1.29, 1.82) is 0 Å². The summed E-state index contributed by atoms with van der Waals surface area (Å²) >= 11 is 0. The largest absolute Gasteiger partial charge is 0.399 e. The standard InChI is InChI=1S/C34H28N2O4.C6H7N/c1-3-5-21-35-31(37)27-25(19-17-23-13-9-7-10-14-23)29-30(34(40)36(33(29)39)22-6-4-2)26(28(27)32(35)38)20-18-24-15-11-8-12-16-24;7-6-4-2-1-3-5-6/h7-16H,3-6,21-22H2,1-2H3;1-5H,7H2. The lowest BCUT2D eigenvalue weighted by atomic mass is 9.96. The van der Waals surface area contributed by atoms with Crippen molar-refractivity contribution in [2.75, 3.05) is 5.73 Å². The maximum absolute atomic E-state index is 13.8. The molecule has 0 atom stereocenters. The summed E-state index contributed by atoms with van der Waals surface area (Å²) in [6, 6.07) is 27.8. The van der Waals surface area contributed by atoms with Gasteiger partial charge in [-0.15, -0.1) is 0 Å². The number of hydrogen-bond acceptors (Lipinski definition) is 5. The summed E-state index contributed by atoms with van der Waals surface area (Å²) in [6.45, 7) is 4.41. The number of hydrogen-bond donors (Lipinski definition) is 1. The number of nitrogens with zero attached hydrogens (tertiary/aromatic N) is 2. The van der Waals surface area contributed by atoms with Crippen molar-refractivity contribution in [1.82, 2.24) is 9.13 Å². The van der Waals surface area contributed by atoms with Crippen LogP contribution in [0.15, 0.2) is 110 Å². The van der Waals surface area contributed by atoms with E-state index in [1.54, 1.807) is 0 Å². The lowest BCUT2D eigenvalue weighted by Gasteiger charge is -2.00. The molecule has 0 saturated carbocycles. The van der Waals surface area contributed by atoms with Gasteiger partial charge in [-0.3, -0.25) is 28.3 Å². The van der Waals surface area contributed by atoms with E-state index in [1.807, 2.05) is 105 Å². The summed E-state index contributed by atoms with van der Waals surface area (Å²) in [6.07, 6.45) is 2.83. The molecule has 0 spiro atoms. The van der Waals surface area contributed by atoms with Crippen LogP contribution in [-0.4, -0.2) is 9.13 Å². The topological polar surface area (TPSA) is 104 Å². The zero-order chi connectivity index (χ0) is 33.3. The number of aromatic nitrogens is 2. The monoisotopic (exact) mass is 621 g/mol. The van der Waals surface area contributed by atoms with Gasteiger partial charge in [0.25, 0.3) is 22.2 Å². The fourth-order valence-corrected chi connectivity index (χ4v) is 5.38. The van der Waals surface area contributed by atoms with E-state index >= 15 is 0 Å². The van der Waals surface area contributed by atoms with E-state index in [0.29, 0.717) is 24.0 Å². The van der Waals surface area contributed by atoms with Gasteiger partial charge in [0.05, 0.1) is 32.7 Å². The SMILES string of the molecule is CCCCn1c(=O)c2c(C#Cc3ccccc3)c3c(=O)n(CCCC)c(=O)c3c(C#Cc3ccccc3)c2c1=O.Nc1ccccc1. The van der Waals surface area contributed by atoms with Gasteiger partial charge < -0.3 is 5.73 Å². The van der Waals surface area contributed by atoms with Gasteiger partial charge in [0.2, 0.25) is 0 Å². The molecule has 0 radical (unpaired) electrons. The molecule has 2 aromatic heterocycles. The Kier molecular flexibility index (Phi) is 10.3. The summed E-state index contributed by atoms with van der Waals surface area (Å²) in [7, 11) is 0. The predicted octanol–water partition coefficient (Wildman–Crippen LogP) is 5.58. The van der Waals surface area contributed by atoms with Gasteiger partial charge in [-0.05, 0) is 49.2 Å². The van der Waals surface area contributed by atoms with E-state index in [-0.39, 0.29) is 45.8 Å². The highest BCUT2D eigenvalue weighted by atomic mass is 16.2. The highest BCUT2D eigenvalue weighted by molar-refractivity contribution is 6.09. The van der Waals surface area contributed by atoms with Crippen molar-refractivity contribution in [2.24, 2.45) is 0 Å². The molecule has 7 nitrogen and oxygen atoms in total. The quantitative estimate of drug-likeness (QED) is 0.193. The highest BCUT2D eigenvalue weighted by Gasteiger charge is 2.28. The Labute approximate surface area is 272 Å². The van der Waals surface area contributed by atoms with E-state index in [4.69, 9.17) is 5.73 Å². The smallest absolute Gasteiger partial charge is 0.262 e. The fraction of sp³-hybridized carbons (Fsp3) is 0.200. The van der Waals surface area contributed by atoms with Crippen LogP contribution in [0.25, 0.3) is 21.5 Å². The second kappa shape index (κ2) is 14.9. The first-order valence-electron chi connectivity index (χ1n) is 15.8. The van der Waals surface area contributed by atoms with Crippen LogP contribution in [0.1, 0.15) is 61.8 Å². The van der Waals surface area contributed by atoms with E-state index in [1.165, 1.54) is 9.13 Å². The van der Waals surface area contributed by atoms with Gasteiger partial charge in [-0.1, -0.05) is 105 Å². The van der Waals surface area contributed by atoms with Crippen LogP contribution >= 0.6 is 0 Å². The third-order valence-electron chi connectivity index (χ3n) is 7.82. The van der Waals surface area contributed by atoms with Crippen molar-refractivity contribution >= 4 is 27.2 Å². The van der Waals surface area contributed by atoms with E-state index in [9.17, 15) is 19.2 Å². The van der Waals surface area contributed by atoms with Crippen LogP contribution in [-0.2, 0) is 13.1 Å². The molecule has 0 saturated heterocycles. The summed E-state index contributed by atoms with van der Waals surface area (Å²) < 4.78 is 2.38. The van der Waals surface area contributed by atoms with Crippen LogP contribution in [0, 0.1) is 23.7 Å². The lowest BCUT2D eigenvalue weighted by molar-refractivity contribution is 0.608. The minimum Gasteiger partial charge on any atom is -0.399 e. The third-order valence-corrected chi connectivity index (χ3v) is 7.82. The molecule has 234 valence electrons. The minimum atomic E-state index is -0.511. The summed E-state index contributed by atoms with van der Waals surface area (Å²) in [5, 5.41) is 0.219. The summed E-state index contributed by atoms with van der Waals surface area (Å²) in [4.78, 5) is 55.2. The Morgan fingerprint density at radius 3 is 1.09 bits per heavy atom. The molecule has 0 fully saturated rings. The van der Waals surface area contributed by atoms with Crippen molar-refractivity contribution < 1.29 is 0 Å². The minimum absolute atomic E-state index is 0.0548. The van der Waals surface area contributed by atoms with Crippen molar-refractivity contribution in [3.8, 4) is 23.7 Å². The molecule has 0 aliphatic heterocycles. The van der Waals surface area contributed by atoms with Gasteiger partial charge in [-0.25, -0.2) is 0 Å². The maximum Gasteiger partial charge on any atom is 0.262 e. The van der Waals surface area contributed by atoms with Crippen LogP contribution in [0.3, 0.4) is 0 Å². The van der Waals surface area contributed by atoms with Gasteiger partial charge >= 0.3 is 0 Å². The number of para-hydroxylation sites is 1. The molecule has 7 heteroatoms. The number of unbranched alkanes of at least 4 members (excludes halogenated alkanes) is 2. The molecule has 0 bridgehead atoms. The maximum atomic E-state index is 13.8. The summed E-state index contributed by atoms with van der Waals surface area (Å²) in [5.74, 6) is 12.1. The molecule has 4 aromatic carbocycles. The first-order chi connectivity index (χ1) is 22.9. The molecule has 6 aromatic rings. The molecular weight excluding hydrogens is 586 g/mol. The molecule has 6 rings (SSSR count). The number of benzene rings is 4. The Morgan fingerprint density at radius 1 is 0.489 bits per heavy atom.